The van der Waals surface area contributed by atoms with Gasteiger partial charge in [-0.2, -0.15) is 0 Å². The third-order valence-corrected chi connectivity index (χ3v) is 4.09. The molecule has 1 rings (SSSR count). The number of thioether (sulfide) groups is 1. The zero-order valence-corrected chi connectivity index (χ0v) is 11.1. The molecule has 1 aromatic rings. The number of primary sulfonamides is 1. The Hall–Kier alpha value is -1.12. The molecule has 0 aliphatic heterocycles. The highest BCUT2D eigenvalue weighted by Crippen LogP contribution is 2.28. The van der Waals surface area contributed by atoms with Crippen molar-refractivity contribution in [2.24, 2.45) is 5.14 Å². The van der Waals surface area contributed by atoms with Crippen LogP contribution in [0.1, 0.15) is 13.3 Å². The monoisotopic (exact) mass is 293 g/mol. The molecule has 0 aliphatic carbocycles. The number of aliphatic carboxylic acids is 1. The van der Waals surface area contributed by atoms with Gasteiger partial charge in [-0.05, 0) is 18.2 Å². The van der Waals surface area contributed by atoms with Crippen LogP contribution in [-0.2, 0) is 14.8 Å². The van der Waals surface area contributed by atoms with E-state index in [-0.39, 0.29) is 21.5 Å². The van der Waals surface area contributed by atoms with E-state index in [4.69, 9.17) is 10.2 Å². The number of sulfonamides is 1. The van der Waals surface area contributed by atoms with E-state index < -0.39 is 21.8 Å². The number of halogens is 1. The van der Waals surface area contributed by atoms with Crippen molar-refractivity contribution in [3.05, 3.63) is 24.0 Å². The van der Waals surface area contributed by atoms with E-state index in [0.717, 1.165) is 17.8 Å². The van der Waals surface area contributed by atoms with Crippen LogP contribution in [0.5, 0.6) is 0 Å². The van der Waals surface area contributed by atoms with E-state index in [0.29, 0.717) is 0 Å². The largest absolute Gasteiger partial charge is 0.481 e. The third kappa shape index (κ3) is 4.28. The Morgan fingerprint density at radius 1 is 1.56 bits per heavy atom. The number of carboxylic acids is 1. The Kier molecular flexibility index (Phi) is 4.71. The van der Waals surface area contributed by atoms with E-state index >= 15 is 0 Å². The molecule has 0 aliphatic rings. The van der Waals surface area contributed by atoms with Gasteiger partial charge in [-0.3, -0.25) is 4.79 Å². The van der Waals surface area contributed by atoms with Crippen LogP contribution in [0.4, 0.5) is 4.39 Å². The van der Waals surface area contributed by atoms with E-state index in [1.54, 1.807) is 6.92 Å². The fourth-order valence-electron chi connectivity index (χ4n) is 1.26. The lowest BCUT2D eigenvalue weighted by atomic mass is 10.3. The van der Waals surface area contributed by atoms with Gasteiger partial charge in [-0.25, -0.2) is 17.9 Å². The molecule has 0 fully saturated rings. The van der Waals surface area contributed by atoms with Crippen molar-refractivity contribution in [1.82, 2.24) is 0 Å². The molecule has 5 nitrogen and oxygen atoms in total. The standard InChI is InChI=1S/C10H12FNO4S2/c1-6(4-10(13)14)17-9-3-2-7(5-8(9)11)18(12,15)16/h2-3,5-6H,4H2,1H3,(H,13,14)(H2,12,15,16). The van der Waals surface area contributed by atoms with Crippen LogP contribution >= 0.6 is 11.8 Å². The highest BCUT2D eigenvalue weighted by Gasteiger charge is 2.15. The summed E-state index contributed by atoms with van der Waals surface area (Å²) in [7, 11) is -3.93. The number of carbonyl (C=O) groups is 1. The summed E-state index contributed by atoms with van der Waals surface area (Å²) in [6.45, 7) is 1.64. The molecule has 8 heteroatoms. The van der Waals surface area contributed by atoms with Crippen molar-refractivity contribution in [2.75, 3.05) is 0 Å². The van der Waals surface area contributed by atoms with Crippen LogP contribution in [0.3, 0.4) is 0 Å². The number of benzene rings is 1. The molecule has 100 valence electrons. The number of hydrogen-bond acceptors (Lipinski definition) is 4. The highest BCUT2D eigenvalue weighted by atomic mass is 32.2. The van der Waals surface area contributed by atoms with E-state index in [2.05, 4.69) is 0 Å². The van der Waals surface area contributed by atoms with Crippen molar-refractivity contribution in [3.63, 3.8) is 0 Å². The van der Waals surface area contributed by atoms with Gasteiger partial charge in [0.25, 0.3) is 0 Å². The molecule has 18 heavy (non-hydrogen) atoms. The number of nitrogens with two attached hydrogens (primary N) is 1. The minimum atomic E-state index is -3.93. The first kappa shape index (κ1) is 14.9. The van der Waals surface area contributed by atoms with Gasteiger partial charge in [0.2, 0.25) is 10.0 Å². The number of rotatable bonds is 5. The van der Waals surface area contributed by atoms with Crippen molar-refractivity contribution in [1.29, 1.82) is 0 Å². The number of hydrogen-bond donors (Lipinski definition) is 2. The molecule has 0 spiro atoms. The lowest BCUT2D eigenvalue weighted by molar-refractivity contribution is -0.136. The van der Waals surface area contributed by atoms with Gasteiger partial charge in [0.1, 0.15) is 5.82 Å². The lowest BCUT2D eigenvalue weighted by Crippen LogP contribution is -2.12. The maximum atomic E-state index is 13.6. The lowest BCUT2D eigenvalue weighted by Gasteiger charge is -2.09. The summed E-state index contributed by atoms with van der Waals surface area (Å²) in [6.07, 6.45) is -0.110. The molecule has 0 saturated carbocycles. The average molecular weight is 293 g/mol. The Morgan fingerprint density at radius 3 is 2.61 bits per heavy atom. The van der Waals surface area contributed by atoms with Crippen LogP contribution in [-0.4, -0.2) is 24.7 Å². The molecule has 0 heterocycles. The van der Waals surface area contributed by atoms with Crippen LogP contribution in [0.2, 0.25) is 0 Å². The average Bonchev–Trinajstić information content (AvgIpc) is 2.18. The van der Waals surface area contributed by atoms with Crippen molar-refractivity contribution >= 4 is 27.8 Å². The SMILES string of the molecule is CC(CC(=O)O)Sc1ccc(S(N)(=O)=O)cc1F. The van der Waals surface area contributed by atoms with Crippen molar-refractivity contribution in [2.45, 2.75) is 28.4 Å². The minimum absolute atomic E-state index is 0.110. The topological polar surface area (TPSA) is 97.5 Å². The summed E-state index contributed by atoms with van der Waals surface area (Å²) in [5, 5.41) is 13.1. The van der Waals surface area contributed by atoms with Gasteiger partial charge in [0, 0.05) is 10.1 Å². The molecule has 0 bridgehead atoms. The molecular weight excluding hydrogens is 281 g/mol. The minimum Gasteiger partial charge on any atom is -0.481 e. The van der Waals surface area contributed by atoms with E-state index in [1.807, 2.05) is 0 Å². The van der Waals surface area contributed by atoms with E-state index in [1.165, 1.54) is 12.1 Å². The first-order valence-corrected chi connectivity index (χ1v) is 7.33. The van der Waals surface area contributed by atoms with E-state index in [9.17, 15) is 17.6 Å². The zero-order valence-electron chi connectivity index (χ0n) is 9.46. The smallest absolute Gasteiger partial charge is 0.304 e. The highest BCUT2D eigenvalue weighted by molar-refractivity contribution is 8.00. The first-order valence-electron chi connectivity index (χ1n) is 4.91. The van der Waals surface area contributed by atoms with Gasteiger partial charge in [-0.15, -0.1) is 11.8 Å². The van der Waals surface area contributed by atoms with Gasteiger partial charge in [0.05, 0.1) is 11.3 Å². The van der Waals surface area contributed by atoms with Crippen LogP contribution in [0.25, 0.3) is 0 Å². The maximum absolute atomic E-state index is 13.6. The van der Waals surface area contributed by atoms with Gasteiger partial charge < -0.3 is 5.11 Å². The quantitative estimate of drug-likeness (QED) is 0.800. The molecule has 0 amide bonds. The Morgan fingerprint density at radius 2 is 2.17 bits per heavy atom. The second-order valence-electron chi connectivity index (χ2n) is 3.66. The summed E-state index contributed by atoms with van der Waals surface area (Å²) in [5.74, 6) is -1.71. The summed E-state index contributed by atoms with van der Waals surface area (Å²) in [5.41, 5.74) is 0. The first-order chi connectivity index (χ1) is 8.20. The molecule has 1 unspecified atom stereocenters. The van der Waals surface area contributed by atoms with Crippen LogP contribution in [0.15, 0.2) is 28.0 Å². The predicted octanol–water partition coefficient (Wildman–Crippen LogP) is 1.43. The Labute approximate surface area is 108 Å². The van der Waals surface area contributed by atoms with Gasteiger partial charge in [-0.1, -0.05) is 6.92 Å². The summed E-state index contributed by atoms with van der Waals surface area (Å²) in [6, 6.07) is 3.29. The molecule has 1 atom stereocenters. The Bertz CT molecular complexity index is 559. The second-order valence-corrected chi connectivity index (χ2v) is 6.71. The summed E-state index contributed by atoms with van der Waals surface area (Å²) < 4.78 is 35.6. The summed E-state index contributed by atoms with van der Waals surface area (Å²) >= 11 is 1.03. The summed E-state index contributed by atoms with van der Waals surface area (Å²) in [4.78, 5) is 10.3. The van der Waals surface area contributed by atoms with Crippen LogP contribution in [0, 0.1) is 5.82 Å². The van der Waals surface area contributed by atoms with Crippen molar-refractivity contribution < 1.29 is 22.7 Å². The maximum Gasteiger partial charge on any atom is 0.304 e. The van der Waals surface area contributed by atoms with Crippen molar-refractivity contribution in [3.8, 4) is 0 Å². The molecule has 3 N–H and O–H groups in total. The third-order valence-electron chi connectivity index (χ3n) is 2.02. The predicted molar refractivity (Wildman–Crippen MR) is 65.3 cm³/mol. The normalized spacial score (nSPS) is 13.3. The fourth-order valence-corrected chi connectivity index (χ4v) is 2.76. The zero-order chi connectivity index (χ0) is 13.9. The number of carboxylic acid groups (broad SMARTS) is 1. The molecule has 0 radical (unpaired) electrons. The molecule has 0 aromatic heterocycles. The molecular formula is C10H12FNO4S2. The van der Waals surface area contributed by atoms with Gasteiger partial charge >= 0.3 is 5.97 Å². The fraction of sp³-hybridized carbons (Fsp3) is 0.300. The molecule has 0 saturated heterocycles. The van der Waals surface area contributed by atoms with Gasteiger partial charge in [0.15, 0.2) is 0 Å². The second kappa shape index (κ2) is 5.68. The van der Waals surface area contributed by atoms with Crippen LogP contribution < -0.4 is 5.14 Å². The Balaban J connectivity index is 2.90. The molecule has 1 aromatic carbocycles.